The summed E-state index contributed by atoms with van der Waals surface area (Å²) in [5, 5.41) is 16.7. The van der Waals surface area contributed by atoms with Crippen molar-refractivity contribution in [3.8, 4) is 5.75 Å². The van der Waals surface area contributed by atoms with E-state index in [4.69, 9.17) is 21.1 Å². The van der Waals surface area contributed by atoms with Gasteiger partial charge in [0.25, 0.3) is 11.5 Å². The molecule has 6 heterocycles. The molecule has 0 aliphatic carbocycles. The van der Waals surface area contributed by atoms with Crippen molar-refractivity contribution >= 4 is 40.5 Å². The number of aromatic nitrogens is 5. The minimum Gasteiger partial charge on any atom is -0.505 e. The minimum absolute atomic E-state index is 0.0500. The van der Waals surface area contributed by atoms with Gasteiger partial charge in [-0.1, -0.05) is 17.7 Å². The number of rotatable bonds is 5. The van der Waals surface area contributed by atoms with Gasteiger partial charge in [-0.25, -0.2) is 9.37 Å². The SMILES string of the molecule is CC1OC2(CCN(C(=O)c3ncccc3O)CC2F)c2c1n(CC(=O)Nc1ccc(C(F)(F)F)cc1Cl)c1nc(C3=CCOCC3)nn1c2=O. The van der Waals surface area contributed by atoms with Crippen LogP contribution >= 0.6 is 11.6 Å². The largest absolute Gasteiger partial charge is 0.505 e. The molecule has 0 radical (unpaired) electrons. The summed E-state index contributed by atoms with van der Waals surface area (Å²) in [7, 11) is 0. The molecule has 1 spiro atoms. The molecule has 18 heteroatoms. The van der Waals surface area contributed by atoms with Gasteiger partial charge in [0.1, 0.15) is 17.9 Å². The molecule has 3 unspecified atom stereocenters. The van der Waals surface area contributed by atoms with Gasteiger partial charge in [0, 0.05) is 19.2 Å². The van der Waals surface area contributed by atoms with E-state index in [1.165, 1.54) is 27.8 Å². The molecule has 3 aliphatic rings. The predicted molar refractivity (Wildman–Crippen MR) is 168 cm³/mol. The number of ether oxygens (including phenoxy) is 2. The minimum atomic E-state index is -4.65. The zero-order chi connectivity index (χ0) is 35.5. The summed E-state index contributed by atoms with van der Waals surface area (Å²) in [5.74, 6) is -1.67. The molecule has 3 aromatic heterocycles. The normalized spacial score (nSPS) is 22.1. The molecule has 2 N–H and O–H groups in total. The fourth-order valence-electron chi connectivity index (χ4n) is 6.67. The second-order valence-corrected chi connectivity index (χ2v) is 12.5. The van der Waals surface area contributed by atoms with Crippen LogP contribution in [0, 0.1) is 0 Å². The van der Waals surface area contributed by atoms with Crippen molar-refractivity contribution in [1.29, 1.82) is 0 Å². The number of hydrogen-bond acceptors (Lipinski definition) is 9. The van der Waals surface area contributed by atoms with E-state index in [2.05, 4.69) is 20.4 Å². The van der Waals surface area contributed by atoms with Gasteiger partial charge in [-0.3, -0.25) is 14.4 Å². The smallest absolute Gasteiger partial charge is 0.416 e. The number of hydrogen-bond donors (Lipinski definition) is 2. The van der Waals surface area contributed by atoms with Crippen molar-refractivity contribution in [3.05, 3.63) is 86.3 Å². The highest BCUT2D eigenvalue weighted by Crippen LogP contribution is 2.49. The van der Waals surface area contributed by atoms with Crippen LogP contribution in [0.1, 0.15) is 59.0 Å². The van der Waals surface area contributed by atoms with E-state index in [0.29, 0.717) is 31.3 Å². The number of aromatic hydroxyl groups is 1. The number of benzene rings is 1. The van der Waals surface area contributed by atoms with E-state index in [9.17, 15) is 32.7 Å². The van der Waals surface area contributed by atoms with Crippen molar-refractivity contribution in [1.82, 2.24) is 29.0 Å². The summed E-state index contributed by atoms with van der Waals surface area (Å²) in [6.45, 7) is 1.17. The molecule has 1 aromatic carbocycles. The number of anilines is 1. The van der Waals surface area contributed by atoms with Crippen LogP contribution in [0.15, 0.2) is 47.4 Å². The van der Waals surface area contributed by atoms with E-state index in [1.807, 2.05) is 0 Å². The number of carbonyl (C=O) groups excluding carboxylic acids is 2. The first kappa shape index (κ1) is 33.6. The number of amides is 2. The molecule has 262 valence electrons. The first-order chi connectivity index (χ1) is 23.8. The molecule has 4 aromatic rings. The monoisotopic (exact) mass is 717 g/mol. The number of piperidine rings is 1. The third-order valence-corrected chi connectivity index (χ3v) is 9.33. The summed E-state index contributed by atoms with van der Waals surface area (Å²) >= 11 is 6.09. The Kier molecular flexibility index (Phi) is 8.39. The summed E-state index contributed by atoms with van der Waals surface area (Å²) in [6.07, 6.45) is -4.17. The molecule has 0 bridgehead atoms. The summed E-state index contributed by atoms with van der Waals surface area (Å²) in [4.78, 5) is 50.6. The fraction of sp³-hybridized carbons (Fsp3) is 0.375. The first-order valence-corrected chi connectivity index (χ1v) is 15.9. The lowest BCUT2D eigenvalue weighted by Crippen LogP contribution is -2.55. The summed E-state index contributed by atoms with van der Waals surface area (Å²) in [6, 6.07) is 5.21. The van der Waals surface area contributed by atoms with Crippen molar-refractivity contribution < 1.29 is 41.7 Å². The number of fused-ring (bicyclic) bond motifs is 3. The first-order valence-electron chi connectivity index (χ1n) is 15.5. The third kappa shape index (κ3) is 5.68. The van der Waals surface area contributed by atoms with E-state index >= 15 is 4.39 Å². The average Bonchev–Trinajstić information content (AvgIpc) is 3.66. The van der Waals surface area contributed by atoms with Crippen LogP contribution in [0.4, 0.5) is 23.2 Å². The second-order valence-electron chi connectivity index (χ2n) is 12.1. The quantitative estimate of drug-likeness (QED) is 0.288. The number of nitrogens with one attached hydrogen (secondary N) is 1. The maximum Gasteiger partial charge on any atom is 0.416 e. The zero-order valence-corrected chi connectivity index (χ0v) is 27.0. The second kappa shape index (κ2) is 12.5. The van der Waals surface area contributed by atoms with Gasteiger partial charge >= 0.3 is 6.18 Å². The maximum absolute atomic E-state index is 16.5. The lowest BCUT2D eigenvalue weighted by Gasteiger charge is -2.41. The van der Waals surface area contributed by atoms with E-state index in [0.717, 1.165) is 16.6 Å². The van der Waals surface area contributed by atoms with E-state index < -0.39 is 60.1 Å². The van der Waals surface area contributed by atoms with Crippen LogP contribution in [0.25, 0.3) is 11.4 Å². The lowest BCUT2D eigenvalue weighted by molar-refractivity contribution is -0.143. The molecule has 3 atom stereocenters. The number of carbonyl (C=O) groups is 2. The average molecular weight is 718 g/mol. The molecular formula is C32H28ClF4N7O6. The number of pyridine rings is 1. The summed E-state index contributed by atoms with van der Waals surface area (Å²) < 4.78 is 70.1. The number of alkyl halides is 4. The maximum atomic E-state index is 16.5. The molecule has 7 rings (SSSR count). The summed E-state index contributed by atoms with van der Waals surface area (Å²) in [5.41, 5.74) is -3.16. The van der Waals surface area contributed by atoms with Crippen LogP contribution in [0.2, 0.25) is 5.02 Å². The van der Waals surface area contributed by atoms with Gasteiger partial charge in [-0.2, -0.15) is 22.7 Å². The van der Waals surface area contributed by atoms with Gasteiger partial charge in [0.15, 0.2) is 17.7 Å². The van der Waals surface area contributed by atoms with Crippen LogP contribution in [0.5, 0.6) is 5.75 Å². The molecule has 2 amide bonds. The standard InChI is InChI=1S/C32H28ClF4N7O6/c1-16-26-24(31(50-16)8-10-42(14-22(31)34)29(48)25-21(45)3-2-9-38-25)28(47)44-30(40-27(41-44)17-6-11-49-12-7-17)43(26)15-23(46)39-20-5-4-18(13-19(20)33)32(35,36)37/h2-6,9,13,16,22,45H,7-8,10-12,14-15H2,1H3,(H,39,46). The Morgan fingerprint density at radius 3 is 2.72 bits per heavy atom. The molecular weight excluding hydrogens is 690 g/mol. The third-order valence-electron chi connectivity index (χ3n) is 9.02. The predicted octanol–water partition coefficient (Wildman–Crippen LogP) is 4.28. The van der Waals surface area contributed by atoms with Crippen molar-refractivity contribution in [3.63, 3.8) is 0 Å². The van der Waals surface area contributed by atoms with Crippen LogP contribution < -0.4 is 10.9 Å². The molecule has 13 nitrogen and oxygen atoms in total. The Hall–Kier alpha value is -4.87. The zero-order valence-electron chi connectivity index (χ0n) is 26.2. The van der Waals surface area contributed by atoms with Gasteiger partial charge in [0.2, 0.25) is 11.7 Å². The molecule has 1 fully saturated rings. The topological polar surface area (TPSA) is 153 Å². The Balaban J connectivity index is 1.29. The highest BCUT2D eigenvalue weighted by molar-refractivity contribution is 6.33. The van der Waals surface area contributed by atoms with Crippen LogP contribution in [0.3, 0.4) is 0 Å². The molecule has 50 heavy (non-hydrogen) atoms. The Morgan fingerprint density at radius 1 is 1.24 bits per heavy atom. The Bertz CT molecular complexity index is 2140. The molecule has 1 saturated heterocycles. The number of halogens is 5. The highest BCUT2D eigenvalue weighted by Gasteiger charge is 2.56. The van der Waals surface area contributed by atoms with Crippen LogP contribution in [-0.4, -0.2) is 78.4 Å². The number of nitrogens with zero attached hydrogens (tertiary/aromatic N) is 6. The van der Waals surface area contributed by atoms with Gasteiger partial charge < -0.3 is 29.4 Å². The van der Waals surface area contributed by atoms with Gasteiger partial charge in [-0.15, -0.1) is 5.10 Å². The highest BCUT2D eigenvalue weighted by atomic mass is 35.5. The van der Waals surface area contributed by atoms with Gasteiger partial charge in [-0.05, 0) is 49.2 Å². The van der Waals surface area contributed by atoms with Crippen molar-refractivity contribution in [2.75, 3.05) is 31.6 Å². The molecule has 3 aliphatic heterocycles. The number of likely N-dealkylation sites (tertiary alicyclic amines) is 1. The van der Waals surface area contributed by atoms with E-state index in [-0.39, 0.29) is 58.0 Å². The van der Waals surface area contributed by atoms with Crippen LogP contribution in [-0.2, 0) is 32.6 Å². The van der Waals surface area contributed by atoms with Crippen molar-refractivity contribution in [2.45, 2.75) is 50.4 Å². The van der Waals surface area contributed by atoms with Gasteiger partial charge in [0.05, 0.1) is 53.4 Å². The van der Waals surface area contributed by atoms with E-state index in [1.54, 1.807) is 13.0 Å². The van der Waals surface area contributed by atoms with Crippen molar-refractivity contribution in [2.24, 2.45) is 0 Å². The lowest BCUT2D eigenvalue weighted by atomic mass is 9.83. The molecule has 0 saturated carbocycles. The Morgan fingerprint density at radius 2 is 2.04 bits per heavy atom. The fourth-order valence-corrected chi connectivity index (χ4v) is 6.90. The Labute approximate surface area is 285 Å².